The van der Waals surface area contributed by atoms with E-state index in [0.29, 0.717) is 35.4 Å². The van der Waals surface area contributed by atoms with Crippen LogP contribution in [-0.4, -0.2) is 28.5 Å². The first-order valence-electron chi connectivity index (χ1n) is 11.5. The van der Waals surface area contributed by atoms with Gasteiger partial charge in [-0.1, -0.05) is 32.4 Å². The number of nitro benzene ring substituents is 1. The van der Waals surface area contributed by atoms with Gasteiger partial charge in [-0.2, -0.15) is 0 Å². The van der Waals surface area contributed by atoms with E-state index in [-0.39, 0.29) is 17.3 Å². The van der Waals surface area contributed by atoms with E-state index in [9.17, 15) is 24.8 Å². The van der Waals surface area contributed by atoms with Crippen molar-refractivity contribution in [1.29, 1.82) is 0 Å². The average Bonchev–Trinajstić information content (AvgIpc) is 2.72. The van der Waals surface area contributed by atoms with Crippen LogP contribution < -0.4 is 5.11 Å². The second-order valence-corrected chi connectivity index (χ2v) is 10.2. The number of benzene rings is 1. The summed E-state index contributed by atoms with van der Waals surface area (Å²) in [6.07, 6.45) is 5.41. The molecule has 0 bridgehead atoms. The fraction of sp³-hybridized carbons (Fsp3) is 0.560. The monoisotopic (exact) mass is 453 g/mol. The van der Waals surface area contributed by atoms with Crippen molar-refractivity contribution in [3.63, 3.8) is 0 Å². The number of hydrogen-bond acceptors (Lipinski definition) is 7. The van der Waals surface area contributed by atoms with Crippen molar-refractivity contribution in [1.82, 2.24) is 0 Å². The zero-order valence-corrected chi connectivity index (χ0v) is 19.3. The van der Waals surface area contributed by atoms with Crippen LogP contribution in [-0.2, 0) is 14.3 Å². The molecule has 1 aliphatic heterocycles. The van der Waals surface area contributed by atoms with Crippen LogP contribution in [0, 0.1) is 21.4 Å². The average molecular weight is 454 g/mol. The largest absolute Gasteiger partial charge is 0.868 e. The van der Waals surface area contributed by atoms with Crippen LogP contribution in [0.3, 0.4) is 0 Å². The summed E-state index contributed by atoms with van der Waals surface area (Å²) in [6.45, 7) is 5.73. The van der Waals surface area contributed by atoms with Crippen LogP contribution in [0.1, 0.15) is 77.2 Å². The zero-order chi connectivity index (χ0) is 23.9. The maximum atomic E-state index is 13.4. The number of Topliss-reactive ketones (excluding diaryl/α,β-unsaturated/α-hetero) is 1. The first kappa shape index (κ1) is 23.1. The Hall–Kier alpha value is -3.03. The fourth-order valence-corrected chi connectivity index (χ4v) is 5.40. The molecule has 1 unspecified atom stereocenters. The minimum Gasteiger partial charge on any atom is -0.868 e. The molecule has 3 aliphatic rings. The Morgan fingerprint density at radius 1 is 1.18 bits per heavy atom. The van der Waals surface area contributed by atoms with Crippen LogP contribution in [0.4, 0.5) is 5.69 Å². The fourth-order valence-electron chi connectivity index (χ4n) is 5.40. The molecule has 8 heteroatoms. The summed E-state index contributed by atoms with van der Waals surface area (Å²) in [5.41, 5.74) is 1.11. The minimum absolute atomic E-state index is 0.119. The van der Waals surface area contributed by atoms with E-state index in [1.54, 1.807) is 6.92 Å². The van der Waals surface area contributed by atoms with Gasteiger partial charge in [0.2, 0.25) is 0 Å². The van der Waals surface area contributed by atoms with Crippen LogP contribution >= 0.6 is 0 Å². The molecular weight excluding hydrogens is 424 g/mol. The van der Waals surface area contributed by atoms with Gasteiger partial charge in [0, 0.05) is 35.4 Å². The highest BCUT2D eigenvalue weighted by Crippen LogP contribution is 2.48. The quantitative estimate of drug-likeness (QED) is 0.379. The Kier molecular flexibility index (Phi) is 6.12. The molecule has 1 aromatic rings. The van der Waals surface area contributed by atoms with E-state index in [1.165, 1.54) is 12.1 Å². The van der Waals surface area contributed by atoms with Crippen molar-refractivity contribution in [2.24, 2.45) is 16.3 Å². The lowest BCUT2D eigenvalue weighted by atomic mass is 9.67. The van der Waals surface area contributed by atoms with Crippen molar-refractivity contribution in [3.8, 4) is 5.75 Å². The molecule has 0 aromatic heterocycles. The molecule has 2 atom stereocenters. The molecule has 0 spiro atoms. The Morgan fingerprint density at radius 2 is 1.88 bits per heavy atom. The lowest BCUT2D eigenvalue weighted by Gasteiger charge is -2.39. The maximum absolute atomic E-state index is 13.4. The van der Waals surface area contributed by atoms with Gasteiger partial charge in [-0.15, -0.1) is 0 Å². The third-order valence-corrected chi connectivity index (χ3v) is 6.93. The molecule has 33 heavy (non-hydrogen) atoms. The first-order valence-corrected chi connectivity index (χ1v) is 11.5. The first-order chi connectivity index (χ1) is 15.6. The van der Waals surface area contributed by atoms with E-state index in [4.69, 9.17) is 4.74 Å². The number of ketones is 1. The lowest BCUT2D eigenvalue weighted by Crippen LogP contribution is -2.40. The van der Waals surface area contributed by atoms with E-state index < -0.39 is 34.2 Å². The second-order valence-electron chi connectivity index (χ2n) is 10.2. The van der Waals surface area contributed by atoms with Crippen molar-refractivity contribution in [2.75, 3.05) is 0 Å². The number of nitro groups is 1. The molecule has 1 saturated carbocycles. The SMILES string of the molecule is CC1=NC2=C(C(=O)CC(C)(C)C2)[C@@H](c2ccc([O-])c([N+](=O)[O-])c2)C1C(=O)OC1CCCCC1. The van der Waals surface area contributed by atoms with Gasteiger partial charge in [-0.25, -0.2) is 0 Å². The van der Waals surface area contributed by atoms with Crippen molar-refractivity contribution in [2.45, 2.75) is 77.7 Å². The highest BCUT2D eigenvalue weighted by molar-refractivity contribution is 6.09. The van der Waals surface area contributed by atoms with E-state index in [0.717, 1.165) is 38.2 Å². The number of carbonyl (C=O) groups excluding carboxylic acids is 2. The predicted molar refractivity (Wildman–Crippen MR) is 120 cm³/mol. The number of nitrogens with zero attached hydrogens (tertiary/aromatic N) is 2. The molecule has 0 saturated heterocycles. The number of allylic oxidation sites excluding steroid dienone is 2. The molecule has 0 radical (unpaired) electrons. The molecule has 0 amide bonds. The van der Waals surface area contributed by atoms with Crippen LogP contribution in [0.5, 0.6) is 5.75 Å². The standard InChI is InChI=1S/C25H30N2O6/c1-14-21(24(30)33-16-7-5-4-6-8-16)22(15-9-10-19(28)18(11-15)27(31)32)23-17(26-14)12-25(2,3)13-20(23)29/h9-11,16,21-22,28H,4-8,12-13H2,1-3H3/p-1/t21?,22-/m0/s1. The molecule has 1 fully saturated rings. The molecule has 1 aromatic carbocycles. The number of carbonyl (C=O) groups is 2. The van der Waals surface area contributed by atoms with E-state index in [1.807, 2.05) is 13.8 Å². The van der Waals surface area contributed by atoms with Gasteiger partial charge in [0.25, 0.3) is 5.69 Å². The highest BCUT2D eigenvalue weighted by atomic mass is 16.6. The molecule has 8 nitrogen and oxygen atoms in total. The molecule has 1 heterocycles. The molecule has 4 rings (SSSR count). The maximum Gasteiger partial charge on any atom is 0.315 e. The predicted octanol–water partition coefficient (Wildman–Crippen LogP) is 4.36. The zero-order valence-electron chi connectivity index (χ0n) is 19.3. The summed E-state index contributed by atoms with van der Waals surface area (Å²) in [5.74, 6) is -2.93. The van der Waals surface area contributed by atoms with E-state index >= 15 is 0 Å². The number of ether oxygens (including phenoxy) is 1. The van der Waals surface area contributed by atoms with Crippen molar-refractivity contribution in [3.05, 3.63) is 45.1 Å². The number of aliphatic imine (C=N–C) groups is 1. The Balaban J connectivity index is 1.80. The normalized spacial score (nSPS) is 25.3. The summed E-state index contributed by atoms with van der Waals surface area (Å²) in [6, 6.07) is 3.82. The van der Waals surface area contributed by atoms with E-state index in [2.05, 4.69) is 4.99 Å². The van der Waals surface area contributed by atoms with Crippen LogP contribution in [0.15, 0.2) is 34.5 Å². The van der Waals surface area contributed by atoms with Gasteiger partial charge in [0.05, 0.1) is 4.92 Å². The Morgan fingerprint density at radius 3 is 2.55 bits per heavy atom. The summed E-state index contributed by atoms with van der Waals surface area (Å²) >= 11 is 0. The number of esters is 1. The molecular formula is C25H29N2O6-. The van der Waals surface area contributed by atoms with Crippen LogP contribution in [0.2, 0.25) is 0 Å². The summed E-state index contributed by atoms with van der Waals surface area (Å²) in [7, 11) is 0. The number of hydrogen-bond donors (Lipinski definition) is 0. The van der Waals surface area contributed by atoms with Gasteiger partial charge < -0.3 is 9.84 Å². The van der Waals surface area contributed by atoms with Crippen LogP contribution in [0.25, 0.3) is 0 Å². The topological polar surface area (TPSA) is 122 Å². The van der Waals surface area contributed by atoms with Gasteiger partial charge in [0.15, 0.2) is 5.78 Å². The molecule has 176 valence electrons. The third-order valence-electron chi connectivity index (χ3n) is 6.93. The molecule has 2 aliphatic carbocycles. The highest BCUT2D eigenvalue weighted by Gasteiger charge is 2.46. The minimum atomic E-state index is -0.868. The van der Waals surface area contributed by atoms with Gasteiger partial charge in [0.1, 0.15) is 12.0 Å². The van der Waals surface area contributed by atoms with Crippen molar-refractivity contribution >= 4 is 23.2 Å². The Labute approximate surface area is 192 Å². The van der Waals surface area contributed by atoms with Gasteiger partial charge >= 0.3 is 5.97 Å². The second kappa shape index (κ2) is 8.72. The molecule has 0 N–H and O–H groups in total. The third kappa shape index (κ3) is 4.56. The van der Waals surface area contributed by atoms with Gasteiger partial charge in [-0.05, 0) is 55.8 Å². The van der Waals surface area contributed by atoms with Gasteiger partial charge in [-0.3, -0.25) is 24.7 Å². The Bertz CT molecular complexity index is 1060. The summed E-state index contributed by atoms with van der Waals surface area (Å²) in [4.78, 5) is 42.1. The number of rotatable bonds is 4. The lowest BCUT2D eigenvalue weighted by molar-refractivity contribution is -0.398. The summed E-state index contributed by atoms with van der Waals surface area (Å²) in [5, 5.41) is 23.5. The van der Waals surface area contributed by atoms with Crippen molar-refractivity contribution < 1.29 is 24.4 Å². The summed E-state index contributed by atoms with van der Waals surface area (Å²) < 4.78 is 5.86. The smallest absolute Gasteiger partial charge is 0.315 e.